The molecule has 0 unspecified atom stereocenters. The van der Waals surface area contributed by atoms with E-state index in [9.17, 15) is 18.0 Å². The van der Waals surface area contributed by atoms with Gasteiger partial charge in [-0.2, -0.15) is 0 Å². The van der Waals surface area contributed by atoms with E-state index in [4.69, 9.17) is 0 Å². The molecule has 2 rings (SSSR count). The molecule has 0 aliphatic carbocycles. The van der Waals surface area contributed by atoms with Gasteiger partial charge in [-0.1, -0.05) is 13.8 Å². The Bertz CT molecular complexity index is 849. The Morgan fingerprint density at radius 1 is 1.20 bits per heavy atom. The normalized spacial score (nSPS) is 12.2. The molecule has 108 valence electrons. The molecular formula is C12H15N3O4S. The van der Waals surface area contributed by atoms with Crippen molar-refractivity contribution in [2.24, 2.45) is 5.92 Å². The fourth-order valence-corrected chi connectivity index (χ4v) is 2.92. The maximum atomic E-state index is 12.1. The summed E-state index contributed by atoms with van der Waals surface area (Å²) in [6, 6.07) is 3.97. The molecule has 7 nitrogen and oxygen atoms in total. The van der Waals surface area contributed by atoms with Gasteiger partial charge in [0.2, 0.25) is 10.0 Å². The van der Waals surface area contributed by atoms with Crippen LogP contribution in [0.2, 0.25) is 0 Å². The second-order valence-electron chi connectivity index (χ2n) is 4.86. The molecular weight excluding hydrogens is 282 g/mol. The van der Waals surface area contributed by atoms with Crippen molar-refractivity contribution in [2.75, 3.05) is 6.54 Å². The van der Waals surface area contributed by atoms with Crippen molar-refractivity contribution in [3.05, 3.63) is 39.0 Å². The molecule has 8 heteroatoms. The molecule has 0 aliphatic rings. The van der Waals surface area contributed by atoms with E-state index in [0.29, 0.717) is 6.54 Å². The molecule has 1 aromatic carbocycles. The molecule has 3 N–H and O–H groups in total. The standard InChI is InChI=1S/C12H15N3O4S/c1-7(2)6-13-20(18,19)8-3-4-9-10(5-8)14-12(17)15-11(9)16/h3-5,7,13H,6H2,1-2H3,(H2,14,15,16,17). The first-order valence-electron chi connectivity index (χ1n) is 6.05. The Hall–Kier alpha value is -1.93. The summed E-state index contributed by atoms with van der Waals surface area (Å²) in [7, 11) is -3.66. The minimum atomic E-state index is -3.66. The highest BCUT2D eigenvalue weighted by Crippen LogP contribution is 2.14. The van der Waals surface area contributed by atoms with E-state index in [1.54, 1.807) is 0 Å². The summed E-state index contributed by atoms with van der Waals surface area (Å²) in [5, 5.41) is 0.229. The van der Waals surface area contributed by atoms with Gasteiger partial charge in [-0.25, -0.2) is 17.9 Å². The first kappa shape index (κ1) is 14.5. The van der Waals surface area contributed by atoms with E-state index in [2.05, 4.69) is 14.7 Å². The Labute approximate surface area is 115 Å². The molecule has 0 aliphatic heterocycles. The predicted octanol–water partition coefficient (Wildman–Crippen LogP) is 0.151. The van der Waals surface area contributed by atoms with Crippen LogP contribution in [0.4, 0.5) is 0 Å². The van der Waals surface area contributed by atoms with Crippen LogP contribution >= 0.6 is 0 Å². The lowest BCUT2D eigenvalue weighted by molar-refractivity contribution is 0.560. The topological polar surface area (TPSA) is 112 Å². The van der Waals surface area contributed by atoms with Gasteiger partial charge in [0, 0.05) is 6.54 Å². The number of hydrogen-bond donors (Lipinski definition) is 3. The maximum Gasteiger partial charge on any atom is 0.326 e. The summed E-state index contributed by atoms with van der Waals surface area (Å²) >= 11 is 0. The first-order valence-corrected chi connectivity index (χ1v) is 7.54. The number of fused-ring (bicyclic) bond motifs is 1. The van der Waals surface area contributed by atoms with Crippen LogP contribution in [-0.2, 0) is 10.0 Å². The highest BCUT2D eigenvalue weighted by Gasteiger charge is 2.15. The zero-order valence-electron chi connectivity index (χ0n) is 11.1. The molecule has 1 aromatic heterocycles. The fourth-order valence-electron chi connectivity index (χ4n) is 1.68. The quantitative estimate of drug-likeness (QED) is 0.745. The van der Waals surface area contributed by atoms with Gasteiger partial charge in [0.25, 0.3) is 5.56 Å². The van der Waals surface area contributed by atoms with E-state index in [1.165, 1.54) is 18.2 Å². The van der Waals surface area contributed by atoms with Crippen LogP contribution in [0.5, 0.6) is 0 Å². The van der Waals surface area contributed by atoms with Gasteiger partial charge in [0.15, 0.2) is 0 Å². The van der Waals surface area contributed by atoms with Crippen molar-refractivity contribution in [1.29, 1.82) is 0 Å². The molecule has 0 bridgehead atoms. The third-order valence-corrected chi connectivity index (χ3v) is 4.12. The lowest BCUT2D eigenvalue weighted by atomic mass is 10.2. The average molecular weight is 297 g/mol. The number of aromatic nitrogens is 2. The van der Waals surface area contributed by atoms with Gasteiger partial charge in [0.05, 0.1) is 15.8 Å². The first-order chi connectivity index (χ1) is 9.29. The molecule has 20 heavy (non-hydrogen) atoms. The molecule has 0 atom stereocenters. The van der Waals surface area contributed by atoms with Gasteiger partial charge in [-0.05, 0) is 24.1 Å². The number of rotatable bonds is 4. The van der Waals surface area contributed by atoms with Gasteiger partial charge >= 0.3 is 5.69 Å². The Morgan fingerprint density at radius 2 is 1.90 bits per heavy atom. The smallest absolute Gasteiger partial charge is 0.307 e. The van der Waals surface area contributed by atoms with E-state index < -0.39 is 21.3 Å². The van der Waals surface area contributed by atoms with Gasteiger partial charge < -0.3 is 4.98 Å². The lowest BCUT2D eigenvalue weighted by Gasteiger charge is -2.09. The van der Waals surface area contributed by atoms with Crippen LogP contribution in [-0.4, -0.2) is 24.9 Å². The lowest BCUT2D eigenvalue weighted by Crippen LogP contribution is -2.28. The van der Waals surface area contributed by atoms with E-state index >= 15 is 0 Å². The number of H-pyrrole nitrogens is 2. The SMILES string of the molecule is CC(C)CNS(=O)(=O)c1ccc2c(=O)[nH]c(=O)[nH]c2c1. The number of nitrogens with one attached hydrogen (secondary N) is 3. The number of hydrogen-bond acceptors (Lipinski definition) is 4. The Morgan fingerprint density at radius 3 is 2.55 bits per heavy atom. The Kier molecular flexibility index (Phi) is 3.78. The summed E-state index contributed by atoms with van der Waals surface area (Å²) in [5.74, 6) is 0.174. The van der Waals surface area contributed by atoms with Crippen LogP contribution in [0.15, 0.2) is 32.7 Å². The molecule has 1 heterocycles. The molecule has 0 radical (unpaired) electrons. The summed E-state index contributed by atoms with van der Waals surface area (Å²) in [6.45, 7) is 4.09. The van der Waals surface area contributed by atoms with Crippen molar-refractivity contribution in [3.63, 3.8) is 0 Å². The highest BCUT2D eigenvalue weighted by atomic mass is 32.2. The van der Waals surface area contributed by atoms with Crippen molar-refractivity contribution in [2.45, 2.75) is 18.7 Å². The molecule has 0 saturated carbocycles. The summed E-state index contributed by atoms with van der Waals surface area (Å²) in [4.78, 5) is 27.2. The van der Waals surface area contributed by atoms with Crippen LogP contribution in [0.3, 0.4) is 0 Å². The predicted molar refractivity (Wildman–Crippen MR) is 75.2 cm³/mol. The number of sulfonamides is 1. The average Bonchev–Trinajstić information content (AvgIpc) is 2.35. The number of benzene rings is 1. The molecule has 0 fully saturated rings. The van der Waals surface area contributed by atoms with Crippen LogP contribution < -0.4 is 16.0 Å². The number of aromatic amines is 2. The van der Waals surface area contributed by atoms with E-state index in [-0.39, 0.29) is 21.7 Å². The second-order valence-corrected chi connectivity index (χ2v) is 6.63. The van der Waals surface area contributed by atoms with Crippen molar-refractivity contribution >= 4 is 20.9 Å². The van der Waals surface area contributed by atoms with E-state index in [1.807, 2.05) is 13.8 Å². The third-order valence-electron chi connectivity index (χ3n) is 2.70. The summed E-state index contributed by atoms with van der Waals surface area (Å²) in [6.07, 6.45) is 0. The second kappa shape index (κ2) is 5.22. The zero-order chi connectivity index (χ0) is 14.9. The van der Waals surface area contributed by atoms with E-state index in [0.717, 1.165) is 0 Å². The largest absolute Gasteiger partial charge is 0.326 e. The monoisotopic (exact) mass is 297 g/mol. The van der Waals surface area contributed by atoms with Crippen LogP contribution in [0.1, 0.15) is 13.8 Å². The molecule has 0 amide bonds. The van der Waals surface area contributed by atoms with Gasteiger partial charge in [-0.3, -0.25) is 9.78 Å². The minimum absolute atomic E-state index is 0.00639. The van der Waals surface area contributed by atoms with Crippen molar-refractivity contribution < 1.29 is 8.42 Å². The minimum Gasteiger partial charge on any atom is -0.307 e. The maximum absolute atomic E-state index is 12.1. The Balaban J connectivity index is 2.52. The van der Waals surface area contributed by atoms with Gasteiger partial charge in [-0.15, -0.1) is 0 Å². The third kappa shape index (κ3) is 2.97. The highest BCUT2D eigenvalue weighted by molar-refractivity contribution is 7.89. The summed E-state index contributed by atoms with van der Waals surface area (Å²) in [5.41, 5.74) is -1.04. The zero-order valence-corrected chi connectivity index (χ0v) is 11.9. The molecule has 2 aromatic rings. The molecule has 0 spiro atoms. The fraction of sp³-hybridized carbons (Fsp3) is 0.333. The van der Waals surface area contributed by atoms with Crippen LogP contribution in [0.25, 0.3) is 10.9 Å². The molecule has 0 saturated heterocycles. The van der Waals surface area contributed by atoms with Gasteiger partial charge in [0.1, 0.15) is 0 Å². The van der Waals surface area contributed by atoms with Crippen LogP contribution in [0, 0.1) is 5.92 Å². The van der Waals surface area contributed by atoms with Crippen molar-refractivity contribution in [3.8, 4) is 0 Å². The summed E-state index contributed by atoms with van der Waals surface area (Å²) < 4.78 is 26.6. The van der Waals surface area contributed by atoms with Crippen molar-refractivity contribution in [1.82, 2.24) is 14.7 Å².